The number of rotatable bonds is 4. The van der Waals surface area contributed by atoms with Crippen LogP contribution in [0.5, 0.6) is 0 Å². The third kappa shape index (κ3) is 3.83. The van der Waals surface area contributed by atoms with Crippen molar-refractivity contribution in [2.45, 2.75) is 32.2 Å². The lowest BCUT2D eigenvalue weighted by Crippen LogP contribution is -2.39. The summed E-state index contributed by atoms with van der Waals surface area (Å²) in [6.07, 6.45) is 3.65. The number of para-hydroxylation sites is 1. The summed E-state index contributed by atoms with van der Waals surface area (Å²) < 4.78 is 11.0. The molecule has 0 aliphatic carbocycles. The highest BCUT2D eigenvalue weighted by atomic mass is 16.7. The molecule has 2 aliphatic rings. The summed E-state index contributed by atoms with van der Waals surface area (Å²) in [6, 6.07) is 7.84. The number of carbonyl (C=O) groups excluding carboxylic acids is 2. The third-order valence-corrected chi connectivity index (χ3v) is 4.09. The van der Waals surface area contributed by atoms with Gasteiger partial charge in [0.15, 0.2) is 5.79 Å². The largest absolute Gasteiger partial charge is 0.347 e. The fourth-order valence-electron chi connectivity index (χ4n) is 2.92. The molecule has 128 valence electrons. The molecule has 0 bridgehead atoms. The summed E-state index contributed by atoms with van der Waals surface area (Å²) in [5, 5.41) is 2.62. The van der Waals surface area contributed by atoms with Crippen molar-refractivity contribution in [1.82, 2.24) is 5.32 Å². The van der Waals surface area contributed by atoms with Gasteiger partial charge in [0, 0.05) is 18.3 Å². The maximum atomic E-state index is 12.3. The predicted octanol–water partition coefficient (Wildman–Crippen LogP) is 1.40. The molecule has 6 nitrogen and oxygen atoms in total. The first-order valence-corrected chi connectivity index (χ1v) is 8.11. The lowest BCUT2D eigenvalue weighted by atomic mass is 10.2. The zero-order valence-corrected chi connectivity index (χ0v) is 14.0. The molecule has 3 rings (SSSR count). The molecular formula is C18H22N2O4. The molecule has 0 saturated carbocycles. The Bertz CT molecular complexity index is 669. The highest BCUT2D eigenvalue weighted by molar-refractivity contribution is 5.99. The number of hydrogen-bond acceptors (Lipinski definition) is 4. The number of ether oxygens (including phenoxy) is 2. The highest BCUT2D eigenvalue weighted by Gasteiger charge is 2.31. The van der Waals surface area contributed by atoms with Crippen molar-refractivity contribution < 1.29 is 19.1 Å². The van der Waals surface area contributed by atoms with Gasteiger partial charge in [-0.2, -0.15) is 0 Å². The Morgan fingerprint density at radius 1 is 1.38 bits per heavy atom. The second kappa shape index (κ2) is 6.75. The van der Waals surface area contributed by atoms with E-state index in [0.717, 1.165) is 17.7 Å². The molecular weight excluding hydrogens is 308 g/mol. The zero-order valence-electron chi connectivity index (χ0n) is 14.0. The van der Waals surface area contributed by atoms with E-state index in [1.807, 2.05) is 38.1 Å². The number of nitrogens with one attached hydrogen (secondary N) is 1. The van der Waals surface area contributed by atoms with Gasteiger partial charge in [-0.05, 0) is 38.0 Å². The van der Waals surface area contributed by atoms with E-state index >= 15 is 0 Å². The molecule has 1 fully saturated rings. The molecule has 1 aromatic rings. The molecule has 0 spiro atoms. The summed E-state index contributed by atoms with van der Waals surface area (Å²) in [7, 11) is 0. The third-order valence-electron chi connectivity index (χ3n) is 4.09. The van der Waals surface area contributed by atoms with E-state index in [9.17, 15) is 9.59 Å². The molecule has 0 radical (unpaired) electrons. The predicted molar refractivity (Wildman–Crippen MR) is 89.6 cm³/mol. The van der Waals surface area contributed by atoms with E-state index in [1.165, 1.54) is 6.08 Å². The average Bonchev–Trinajstić information content (AvgIpc) is 3.13. The smallest absolute Gasteiger partial charge is 0.246 e. The van der Waals surface area contributed by atoms with Gasteiger partial charge in [0.25, 0.3) is 0 Å². The molecule has 1 atom stereocenters. The van der Waals surface area contributed by atoms with Crippen LogP contribution in [0.4, 0.5) is 5.69 Å². The van der Waals surface area contributed by atoms with Crippen molar-refractivity contribution in [3.8, 4) is 0 Å². The highest BCUT2D eigenvalue weighted by Crippen LogP contribution is 2.27. The minimum Gasteiger partial charge on any atom is -0.347 e. The summed E-state index contributed by atoms with van der Waals surface area (Å²) >= 11 is 0. The van der Waals surface area contributed by atoms with Gasteiger partial charge in [-0.1, -0.05) is 18.2 Å². The zero-order chi connectivity index (χ0) is 17.2. The van der Waals surface area contributed by atoms with Gasteiger partial charge >= 0.3 is 0 Å². The first kappa shape index (κ1) is 16.7. The van der Waals surface area contributed by atoms with Crippen LogP contribution in [0.3, 0.4) is 0 Å². The second-order valence-corrected chi connectivity index (χ2v) is 6.37. The van der Waals surface area contributed by atoms with Gasteiger partial charge in [-0.15, -0.1) is 0 Å². The lowest BCUT2D eigenvalue weighted by molar-refractivity contribution is -0.133. The Morgan fingerprint density at radius 2 is 2.17 bits per heavy atom. The lowest BCUT2D eigenvalue weighted by Gasteiger charge is -2.17. The molecule has 1 saturated heterocycles. The maximum Gasteiger partial charge on any atom is 0.246 e. The van der Waals surface area contributed by atoms with Crippen molar-refractivity contribution in [1.29, 1.82) is 0 Å². The Morgan fingerprint density at radius 3 is 2.92 bits per heavy atom. The number of nitrogens with zero attached hydrogens (tertiary/aromatic N) is 1. The van der Waals surface area contributed by atoms with Gasteiger partial charge in [-0.3, -0.25) is 9.59 Å². The molecule has 6 heteroatoms. The van der Waals surface area contributed by atoms with Crippen molar-refractivity contribution in [2.75, 3.05) is 24.6 Å². The van der Waals surface area contributed by atoms with Gasteiger partial charge in [0.2, 0.25) is 11.8 Å². The van der Waals surface area contributed by atoms with Crippen molar-refractivity contribution in [3.05, 3.63) is 42.0 Å². The van der Waals surface area contributed by atoms with Gasteiger partial charge < -0.3 is 19.7 Å². The molecule has 1 aromatic carbocycles. The summed E-state index contributed by atoms with van der Waals surface area (Å²) in [5.41, 5.74) is 2.10. The molecule has 2 aliphatic heterocycles. The number of amides is 2. The first-order valence-electron chi connectivity index (χ1n) is 8.11. The van der Waals surface area contributed by atoms with E-state index in [1.54, 1.807) is 11.0 Å². The second-order valence-electron chi connectivity index (χ2n) is 6.37. The molecule has 24 heavy (non-hydrogen) atoms. The molecule has 2 amide bonds. The summed E-state index contributed by atoms with van der Waals surface area (Å²) in [4.78, 5) is 25.9. The van der Waals surface area contributed by atoms with Crippen LogP contribution >= 0.6 is 0 Å². The monoisotopic (exact) mass is 330 g/mol. The number of benzene rings is 1. The van der Waals surface area contributed by atoms with Crippen molar-refractivity contribution in [3.63, 3.8) is 0 Å². The number of anilines is 1. The van der Waals surface area contributed by atoms with Crippen LogP contribution in [0.2, 0.25) is 0 Å². The number of hydrogen-bond donors (Lipinski definition) is 1. The van der Waals surface area contributed by atoms with Crippen LogP contribution in [-0.2, 0) is 25.5 Å². The molecule has 0 unspecified atom stereocenters. The Kier molecular flexibility index (Phi) is 4.69. The quantitative estimate of drug-likeness (QED) is 0.848. The minimum absolute atomic E-state index is 0.0228. The minimum atomic E-state index is -0.620. The summed E-state index contributed by atoms with van der Waals surface area (Å²) in [5.74, 6) is -1.04. The Hall–Kier alpha value is -2.18. The van der Waals surface area contributed by atoms with E-state index < -0.39 is 5.79 Å². The average molecular weight is 330 g/mol. The Labute approximate surface area is 141 Å². The SMILES string of the molecule is CC1(C)OC[C@H](/C=C/C(=O)NCC(=O)N2CCc3ccccc32)O1. The van der Waals surface area contributed by atoms with Gasteiger partial charge in [0.05, 0.1) is 13.2 Å². The van der Waals surface area contributed by atoms with Crippen LogP contribution in [0.15, 0.2) is 36.4 Å². The number of carbonyl (C=O) groups is 2. The van der Waals surface area contributed by atoms with Crippen LogP contribution < -0.4 is 10.2 Å². The van der Waals surface area contributed by atoms with Crippen LogP contribution in [0.25, 0.3) is 0 Å². The normalized spacial score (nSPS) is 21.9. The van der Waals surface area contributed by atoms with Crippen LogP contribution in [-0.4, -0.2) is 43.4 Å². The topological polar surface area (TPSA) is 67.9 Å². The van der Waals surface area contributed by atoms with Gasteiger partial charge in [0.1, 0.15) is 6.10 Å². The van der Waals surface area contributed by atoms with E-state index in [0.29, 0.717) is 13.2 Å². The molecule has 1 N–H and O–H groups in total. The molecule has 2 heterocycles. The standard InChI is InChI=1S/C18H22N2O4/c1-18(2)23-12-14(24-18)7-8-16(21)19-11-17(22)20-10-9-13-5-3-4-6-15(13)20/h3-8,14H,9-12H2,1-2H3,(H,19,21)/b8-7+/t14-/m0/s1. The first-order chi connectivity index (χ1) is 11.4. The van der Waals surface area contributed by atoms with Crippen LogP contribution in [0.1, 0.15) is 19.4 Å². The fourth-order valence-corrected chi connectivity index (χ4v) is 2.92. The fraction of sp³-hybridized carbons (Fsp3) is 0.444. The maximum absolute atomic E-state index is 12.3. The van der Waals surface area contributed by atoms with Crippen molar-refractivity contribution >= 4 is 17.5 Å². The Balaban J connectivity index is 1.48. The van der Waals surface area contributed by atoms with Crippen LogP contribution in [0, 0.1) is 0 Å². The van der Waals surface area contributed by atoms with E-state index in [4.69, 9.17) is 9.47 Å². The van der Waals surface area contributed by atoms with E-state index in [2.05, 4.69) is 5.32 Å². The number of fused-ring (bicyclic) bond motifs is 1. The van der Waals surface area contributed by atoms with E-state index in [-0.39, 0.29) is 24.5 Å². The van der Waals surface area contributed by atoms with Gasteiger partial charge in [-0.25, -0.2) is 0 Å². The summed E-state index contributed by atoms with van der Waals surface area (Å²) in [6.45, 7) is 4.71. The molecule has 0 aromatic heterocycles. The van der Waals surface area contributed by atoms with Crippen molar-refractivity contribution in [2.24, 2.45) is 0 Å².